The number of nitrogens with zero attached hydrogens (tertiary/aromatic N) is 2. The zero-order valence-corrected chi connectivity index (χ0v) is 18.0. The molecule has 0 bridgehead atoms. The molecular weight excluding hydrogens is 414 g/mol. The van der Waals surface area contributed by atoms with E-state index < -0.39 is 0 Å². The lowest BCUT2D eigenvalue weighted by Gasteiger charge is -2.11. The first-order valence-electron chi connectivity index (χ1n) is 10.6. The molecule has 0 fully saturated rings. The molecule has 5 aromatic rings. The number of fused-ring (bicyclic) bond motifs is 1. The van der Waals surface area contributed by atoms with Crippen molar-refractivity contribution in [3.63, 3.8) is 0 Å². The van der Waals surface area contributed by atoms with Crippen LogP contribution >= 0.6 is 0 Å². The number of benzene rings is 3. The molecule has 1 amide bonds. The third-order valence-electron chi connectivity index (χ3n) is 5.51. The fraction of sp³-hybridized carbons (Fsp3) is 0.0741. The Labute approximate surface area is 190 Å². The van der Waals surface area contributed by atoms with Crippen LogP contribution < -0.4 is 10.7 Å². The second-order valence-electron chi connectivity index (χ2n) is 7.79. The number of amides is 1. The molecule has 2 aromatic heterocycles. The largest absolute Gasteiger partial charge is 0.455 e. The van der Waals surface area contributed by atoms with Crippen molar-refractivity contribution in [2.45, 2.75) is 13.5 Å². The van der Waals surface area contributed by atoms with Crippen LogP contribution in [-0.2, 0) is 6.54 Å². The van der Waals surface area contributed by atoms with Crippen LogP contribution in [0.4, 0.5) is 5.69 Å². The van der Waals surface area contributed by atoms with E-state index in [4.69, 9.17) is 4.42 Å². The minimum Gasteiger partial charge on any atom is -0.455 e. The molecule has 0 unspecified atom stereocenters. The van der Waals surface area contributed by atoms with Crippen molar-refractivity contribution >= 4 is 22.6 Å². The monoisotopic (exact) mass is 435 g/mol. The molecule has 0 aliphatic rings. The summed E-state index contributed by atoms with van der Waals surface area (Å²) < 4.78 is 7.98. The molecule has 5 rings (SSSR count). The number of hydrogen-bond donors (Lipinski definition) is 1. The maximum absolute atomic E-state index is 13.2. The highest BCUT2D eigenvalue weighted by Crippen LogP contribution is 2.27. The molecule has 0 aliphatic heterocycles. The van der Waals surface area contributed by atoms with Gasteiger partial charge in [-0.25, -0.2) is 0 Å². The highest BCUT2D eigenvalue weighted by Gasteiger charge is 2.18. The Morgan fingerprint density at radius 1 is 1.00 bits per heavy atom. The molecule has 2 heterocycles. The summed E-state index contributed by atoms with van der Waals surface area (Å²) in [6, 6.07) is 23.9. The molecule has 1 N–H and O–H groups in total. The van der Waals surface area contributed by atoms with Crippen LogP contribution in [0.1, 0.15) is 21.5 Å². The number of hydrogen-bond acceptors (Lipinski definition) is 4. The van der Waals surface area contributed by atoms with Crippen LogP contribution in [0.15, 0.2) is 100 Å². The Hall–Kier alpha value is -4.45. The third kappa shape index (κ3) is 4.06. The van der Waals surface area contributed by atoms with Crippen LogP contribution in [0.2, 0.25) is 0 Å². The molecule has 0 radical (unpaired) electrons. The summed E-state index contributed by atoms with van der Waals surface area (Å²) in [6.07, 6.45) is 3.61. The van der Waals surface area contributed by atoms with E-state index >= 15 is 0 Å². The van der Waals surface area contributed by atoms with Gasteiger partial charge in [0.15, 0.2) is 11.0 Å². The van der Waals surface area contributed by atoms with Crippen molar-refractivity contribution in [2.24, 2.45) is 0 Å². The number of nitrogens with one attached hydrogen (secondary N) is 1. The molecule has 6 heteroatoms. The number of carbonyl (C=O) groups excluding carboxylic acids is 1. The van der Waals surface area contributed by atoms with Crippen LogP contribution in [-0.4, -0.2) is 15.7 Å². The lowest BCUT2D eigenvalue weighted by atomic mass is 10.0. The lowest BCUT2D eigenvalue weighted by molar-refractivity contribution is 0.102. The first-order valence-corrected chi connectivity index (χ1v) is 10.6. The zero-order chi connectivity index (χ0) is 22.8. The van der Waals surface area contributed by atoms with E-state index in [2.05, 4.69) is 10.4 Å². The summed E-state index contributed by atoms with van der Waals surface area (Å²) in [5.74, 6) is 0.123. The molecule has 162 valence electrons. The van der Waals surface area contributed by atoms with Crippen molar-refractivity contribution in [1.29, 1.82) is 0 Å². The number of para-hydroxylation sites is 1. The van der Waals surface area contributed by atoms with Crippen molar-refractivity contribution in [1.82, 2.24) is 9.78 Å². The summed E-state index contributed by atoms with van der Waals surface area (Å²) >= 11 is 0. The van der Waals surface area contributed by atoms with Crippen molar-refractivity contribution in [2.75, 3.05) is 5.32 Å². The Bertz CT molecular complexity index is 1500. The maximum atomic E-state index is 13.2. The van der Waals surface area contributed by atoms with E-state index in [0.29, 0.717) is 34.5 Å². The van der Waals surface area contributed by atoms with E-state index in [1.807, 2.05) is 71.5 Å². The molecule has 6 nitrogen and oxygen atoms in total. The van der Waals surface area contributed by atoms with Crippen LogP contribution in [0.3, 0.4) is 0 Å². The predicted molar refractivity (Wildman–Crippen MR) is 128 cm³/mol. The second-order valence-corrected chi connectivity index (χ2v) is 7.79. The molecule has 0 saturated heterocycles. The standard InChI is InChI=1S/C27H21N3O3/c1-18-24(31)22-12-6-13-23(26(22)33-25(18)20-9-3-2-4-10-20)27(32)29-21-11-5-8-19(16-21)17-30-15-7-14-28-30/h2-16H,17H2,1H3,(H,29,32). The topological polar surface area (TPSA) is 77.1 Å². The maximum Gasteiger partial charge on any atom is 0.259 e. The lowest BCUT2D eigenvalue weighted by Crippen LogP contribution is -2.15. The number of anilines is 1. The van der Waals surface area contributed by atoms with Gasteiger partial charge in [0.2, 0.25) is 0 Å². The van der Waals surface area contributed by atoms with Crippen molar-refractivity contribution < 1.29 is 9.21 Å². The van der Waals surface area contributed by atoms with Gasteiger partial charge in [0.1, 0.15) is 5.76 Å². The van der Waals surface area contributed by atoms with E-state index in [1.54, 1.807) is 31.3 Å². The van der Waals surface area contributed by atoms with E-state index in [-0.39, 0.29) is 16.9 Å². The molecule has 3 aromatic carbocycles. The van der Waals surface area contributed by atoms with Gasteiger partial charge < -0.3 is 9.73 Å². The third-order valence-corrected chi connectivity index (χ3v) is 5.51. The second kappa shape index (κ2) is 8.59. The van der Waals surface area contributed by atoms with E-state index in [0.717, 1.165) is 11.1 Å². The summed E-state index contributed by atoms with van der Waals surface area (Å²) in [4.78, 5) is 26.3. The highest BCUT2D eigenvalue weighted by atomic mass is 16.3. The van der Waals surface area contributed by atoms with Crippen LogP contribution in [0.25, 0.3) is 22.3 Å². The number of carbonyl (C=O) groups is 1. The van der Waals surface area contributed by atoms with Crippen molar-refractivity contribution in [3.8, 4) is 11.3 Å². The Balaban J connectivity index is 1.52. The zero-order valence-electron chi connectivity index (χ0n) is 18.0. The first kappa shape index (κ1) is 20.5. The minimum atomic E-state index is -0.345. The molecule has 0 spiro atoms. The molecule has 0 atom stereocenters. The van der Waals surface area contributed by atoms with Gasteiger partial charge in [-0.05, 0) is 42.8 Å². The predicted octanol–water partition coefficient (Wildman–Crippen LogP) is 5.27. The van der Waals surface area contributed by atoms with Gasteiger partial charge in [-0.3, -0.25) is 14.3 Å². The van der Waals surface area contributed by atoms with Crippen molar-refractivity contribution in [3.05, 3.63) is 118 Å². The summed E-state index contributed by atoms with van der Waals surface area (Å²) in [7, 11) is 0. The first-order chi connectivity index (χ1) is 16.1. The average Bonchev–Trinajstić information content (AvgIpc) is 3.35. The quantitative estimate of drug-likeness (QED) is 0.408. The molecule has 0 aliphatic carbocycles. The smallest absolute Gasteiger partial charge is 0.259 e. The Morgan fingerprint density at radius 2 is 1.82 bits per heavy atom. The van der Waals surface area contributed by atoms with Gasteiger partial charge in [-0.15, -0.1) is 0 Å². The summed E-state index contributed by atoms with van der Waals surface area (Å²) in [5, 5.41) is 7.53. The molecule has 0 saturated carbocycles. The van der Waals surface area contributed by atoms with E-state index in [1.165, 1.54) is 0 Å². The highest BCUT2D eigenvalue weighted by molar-refractivity contribution is 6.11. The summed E-state index contributed by atoms with van der Waals surface area (Å²) in [5.41, 5.74) is 3.39. The number of aromatic nitrogens is 2. The fourth-order valence-electron chi connectivity index (χ4n) is 3.88. The normalized spacial score (nSPS) is 10.9. The fourth-order valence-corrected chi connectivity index (χ4v) is 3.88. The SMILES string of the molecule is Cc1c(-c2ccccc2)oc2c(C(=O)Nc3cccc(Cn4cccn4)c3)cccc2c1=O. The molecule has 33 heavy (non-hydrogen) atoms. The van der Waals surface area contributed by atoms with Crippen LogP contribution in [0, 0.1) is 6.92 Å². The van der Waals surface area contributed by atoms with Gasteiger partial charge >= 0.3 is 0 Å². The average molecular weight is 435 g/mol. The minimum absolute atomic E-state index is 0.147. The van der Waals surface area contributed by atoms with Gasteiger partial charge in [0, 0.05) is 29.2 Å². The molecular formula is C27H21N3O3. The van der Waals surface area contributed by atoms with Crippen LogP contribution in [0.5, 0.6) is 0 Å². The van der Waals surface area contributed by atoms with E-state index in [9.17, 15) is 9.59 Å². The number of rotatable bonds is 5. The van der Waals surface area contributed by atoms with Gasteiger partial charge in [0.05, 0.1) is 17.5 Å². The van der Waals surface area contributed by atoms with Gasteiger partial charge in [0.25, 0.3) is 5.91 Å². The Kier molecular flexibility index (Phi) is 5.32. The summed E-state index contributed by atoms with van der Waals surface area (Å²) in [6.45, 7) is 2.34. The van der Waals surface area contributed by atoms with Gasteiger partial charge in [-0.2, -0.15) is 5.10 Å². The Morgan fingerprint density at radius 3 is 2.61 bits per heavy atom. The van der Waals surface area contributed by atoms with Gasteiger partial charge in [-0.1, -0.05) is 48.5 Å².